The standard InChI is InChI=1S/C17H17ClN4O3S/c1-2-7-22-15(24)12-8-10(18)3-6-13(12)20-17(22)26-9-14(23)21-16(25)19-11-4-5-11/h2-3,6,8,11H,1,4-5,7,9H2,(H2,19,21,23,25). The Morgan fingerprint density at radius 2 is 2.19 bits per heavy atom. The third-order valence-electron chi connectivity index (χ3n) is 3.69. The van der Waals surface area contributed by atoms with Gasteiger partial charge in [-0.1, -0.05) is 29.4 Å². The van der Waals surface area contributed by atoms with E-state index in [0.29, 0.717) is 21.1 Å². The highest BCUT2D eigenvalue weighted by molar-refractivity contribution is 7.99. The number of amides is 3. The zero-order valence-electron chi connectivity index (χ0n) is 13.8. The first kappa shape index (κ1) is 18.5. The smallest absolute Gasteiger partial charge is 0.321 e. The topological polar surface area (TPSA) is 93.1 Å². The molecule has 1 aliphatic rings. The van der Waals surface area contributed by atoms with Gasteiger partial charge < -0.3 is 5.32 Å². The van der Waals surface area contributed by atoms with E-state index in [1.165, 1.54) is 4.57 Å². The number of thioether (sulfide) groups is 1. The molecule has 1 aliphatic carbocycles. The summed E-state index contributed by atoms with van der Waals surface area (Å²) in [5.41, 5.74) is 0.237. The summed E-state index contributed by atoms with van der Waals surface area (Å²) in [6, 6.07) is 4.54. The first-order valence-corrected chi connectivity index (χ1v) is 9.38. The number of carbonyl (C=O) groups excluding carboxylic acids is 2. The Bertz CT molecular complexity index is 939. The minimum absolute atomic E-state index is 0.0409. The molecule has 0 aliphatic heterocycles. The fraction of sp³-hybridized carbons (Fsp3) is 0.294. The highest BCUT2D eigenvalue weighted by Gasteiger charge is 2.24. The molecule has 0 radical (unpaired) electrons. The number of hydrogen-bond donors (Lipinski definition) is 2. The van der Waals surface area contributed by atoms with E-state index in [1.54, 1.807) is 24.3 Å². The first-order valence-electron chi connectivity index (χ1n) is 8.02. The lowest BCUT2D eigenvalue weighted by molar-refractivity contribution is -0.117. The number of urea groups is 1. The maximum Gasteiger partial charge on any atom is 0.321 e. The van der Waals surface area contributed by atoms with Crippen molar-refractivity contribution in [2.45, 2.75) is 30.6 Å². The van der Waals surface area contributed by atoms with Crippen molar-refractivity contribution < 1.29 is 9.59 Å². The van der Waals surface area contributed by atoms with Crippen LogP contribution < -0.4 is 16.2 Å². The molecular weight excluding hydrogens is 376 g/mol. The number of nitrogens with zero attached hydrogens (tertiary/aromatic N) is 2. The van der Waals surface area contributed by atoms with Crippen LogP contribution in [0.15, 0.2) is 40.8 Å². The SMILES string of the molecule is C=CCn1c(SCC(=O)NC(=O)NC2CC2)nc2ccc(Cl)cc2c1=O. The van der Waals surface area contributed by atoms with Crippen LogP contribution in [0.4, 0.5) is 4.79 Å². The van der Waals surface area contributed by atoms with E-state index in [2.05, 4.69) is 22.2 Å². The Kier molecular flexibility index (Phi) is 5.63. The molecule has 1 aromatic heterocycles. The predicted octanol–water partition coefficient (Wildman–Crippen LogP) is 2.32. The predicted molar refractivity (Wildman–Crippen MR) is 102 cm³/mol. The number of fused-ring (bicyclic) bond motifs is 1. The molecule has 26 heavy (non-hydrogen) atoms. The van der Waals surface area contributed by atoms with Gasteiger partial charge in [0, 0.05) is 17.6 Å². The van der Waals surface area contributed by atoms with Crippen LogP contribution in [0.3, 0.4) is 0 Å². The number of nitrogens with one attached hydrogen (secondary N) is 2. The number of aromatic nitrogens is 2. The molecule has 1 fully saturated rings. The number of allylic oxidation sites excluding steroid dienone is 1. The van der Waals surface area contributed by atoms with Gasteiger partial charge in [0.1, 0.15) is 0 Å². The summed E-state index contributed by atoms with van der Waals surface area (Å²) in [5.74, 6) is -0.496. The second-order valence-electron chi connectivity index (χ2n) is 5.84. The van der Waals surface area contributed by atoms with Gasteiger partial charge in [-0.25, -0.2) is 9.78 Å². The Balaban J connectivity index is 1.77. The van der Waals surface area contributed by atoms with Crippen molar-refractivity contribution in [2.24, 2.45) is 0 Å². The van der Waals surface area contributed by atoms with E-state index in [1.807, 2.05) is 0 Å². The second-order valence-corrected chi connectivity index (χ2v) is 7.22. The molecule has 9 heteroatoms. The molecule has 0 bridgehead atoms. The summed E-state index contributed by atoms with van der Waals surface area (Å²) < 4.78 is 1.42. The largest absolute Gasteiger partial charge is 0.335 e. The average Bonchev–Trinajstić information content (AvgIpc) is 3.40. The molecule has 0 atom stereocenters. The fourth-order valence-electron chi connectivity index (χ4n) is 2.31. The molecule has 3 rings (SSSR count). The lowest BCUT2D eigenvalue weighted by Crippen LogP contribution is -2.41. The van der Waals surface area contributed by atoms with Crippen LogP contribution in [0, 0.1) is 0 Å². The molecule has 1 heterocycles. The van der Waals surface area contributed by atoms with Gasteiger partial charge in [0.25, 0.3) is 5.56 Å². The molecule has 136 valence electrons. The summed E-state index contributed by atoms with van der Waals surface area (Å²) in [4.78, 5) is 40.7. The van der Waals surface area contributed by atoms with Gasteiger partial charge in [-0.15, -0.1) is 6.58 Å². The van der Waals surface area contributed by atoms with Crippen LogP contribution in [0.25, 0.3) is 10.9 Å². The minimum Gasteiger partial charge on any atom is -0.335 e. The summed E-state index contributed by atoms with van der Waals surface area (Å²) in [7, 11) is 0. The van der Waals surface area contributed by atoms with Crippen molar-refractivity contribution >= 4 is 46.2 Å². The molecular formula is C17H17ClN4O3S. The van der Waals surface area contributed by atoms with Crippen molar-refractivity contribution in [3.8, 4) is 0 Å². The van der Waals surface area contributed by atoms with Gasteiger partial charge in [-0.05, 0) is 31.0 Å². The molecule has 0 saturated heterocycles. The van der Waals surface area contributed by atoms with Gasteiger partial charge in [0.15, 0.2) is 5.16 Å². The highest BCUT2D eigenvalue weighted by Crippen LogP contribution is 2.20. The number of imide groups is 1. The lowest BCUT2D eigenvalue weighted by atomic mass is 10.2. The number of benzene rings is 1. The molecule has 2 N–H and O–H groups in total. The van der Waals surface area contributed by atoms with Gasteiger partial charge in [0.2, 0.25) is 5.91 Å². The molecule has 7 nitrogen and oxygen atoms in total. The third kappa shape index (κ3) is 4.44. The van der Waals surface area contributed by atoms with E-state index < -0.39 is 11.9 Å². The van der Waals surface area contributed by atoms with Crippen LogP contribution in [-0.4, -0.2) is 33.3 Å². The van der Waals surface area contributed by atoms with Crippen molar-refractivity contribution in [1.29, 1.82) is 0 Å². The molecule has 0 spiro atoms. The molecule has 3 amide bonds. The Morgan fingerprint density at radius 1 is 1.42 bits per heavy atom. The summed E-state index contributed by atoms with van der Waals surface area (Å²) >= 11 is 7.04. The zero-order valence-corrected chi connectivity index (χ0v) is 15.4. The number of halogens is 1. The monoisotopic (exact) mass is 392 g/mol. The second kappa shape index (κ2) is 7.92. The van der Waals surface area contributed by atoms with E-state index in [-0.39, 0.29) is 23.9 Å². The van der Waals surface area contributed by atoms with E-state index in [0.717, 1.165) is 24.6 Å². The number of rotatable bonds is 6. The summed E-state index contributed by atoms with van der Waals surface area (Å²) in [6.45, 7) is 3.90. The zero-order chi connectivity index (χ0) is 18.7. The lowest BCUT2D eigenvalue weighted by Gasteiger charge is -2.11. The third-order valence-corrected chi connectivity index (χ3v) is 4.90. The summed E-state index contributed by atoms with van der Waals surface area (Å²) in [5, 5.41) is 6.17. The summed E-state index contributed by atoms with van der Waals surface area (Å²) in [6.07, 6.45) is 3.46. The minimum atomic E-state index is -0.498. The van der Waals surface area contributed by atoms with Crippen LogP contribution in [0.1, 0.15) is 12.8 Å². The van der Waals surface area contributed by atoms with Crippen LogP contribution >= 0.6 is 23.4 Å². The molecule has 0 unspecified atom stereocenters. The fourth-order valence-corrected chi connectivity index (χ4v) is 3.30. The normalized spacial score (nSPS) is 13.4. The van der Waals surface area contributed by atoms with Crippen molar-refractivity contribution in [3.63, 3.8) is 0 Å². The Morgan fingerprint density at radius 3 is 2.88 bits per heavy atom. The van der Waals surface area contributed by atoms with Gasteiger partial charge in [0.05, 0.1) is 16.7 Å². The van der Waals surface area contributed by atoms with Crippen LogP contribution in [0.5, 0.6) is 0 Å². The van der Waals surface area contributed by atoms with Crippen LogP contribution in [-0.2, 0) is 11.3 Å². The quantitative estimate of drug-likeness (QED) is 0.447. The van der Waals surface area contributed by atoms with Crippen molar-refractivity contribution in [3.05, 3.63) is 46.2 Å². The maximum absolute atomic E-state index is 12.7. The van der Waals surface area contributed by atoms with Gasteiger partial charge in [-0.3, -0.25) is 19.5 Å². The molecule has 2 aromatic rings. The number of carbonyl (C=O) groups is 2. The molecule has 1 saturated carbocycles. The van der Waals surface area contributed by atoms with Crippen LogP contribution in [0.2, 0.25) is 5.02 Å². The van der Waals surface area contributed by atoms with E-state index in [4.69, 9.17) is 11.6 Å². The van der Waals surface area contributed by atoms with Crippen molar-refractivity contribution in [1.82, 2.24) is 20.2 Å². The number of hydrogen-bond acceptors (Lipinski definition) is 5. The van der Waals surface area contributed by atoms with Gasteiger partial charge in [-0.2, -0.15) is 0 Å². The van der Waals surface area contributed by atoms with E-state index >= 15 is 0 Å². The maximum atomic E-state index is 12.7. The molecule has 1 aromatic carbocycles. The first-order chi connectivity index (χ1) is 12.5. The average molecular weight is 393 g/mol. The Labute approximate surface area is 158 Å². The van der Waals surface area contributed by atoms with E-state index in [9.17, 15) is 14.4 Å². The highest BCUT2D eigenvalue weighted by atomic mass is 35.5. The van der Waals surface area contributed by atoms with Crippen molar-refractivity contribution in [2.75, 3.05) is 5.75 Å². The Hall–Kier alpha value is -2.32. The van der Waals surface area contributed by atoms with Gasteiger partial charge >= 0.3 is 6.03 Å².